The number of hydrogen-bond donors (Lipinski definition) is 2. The molecule has 0 radical (unpaired) electrons. The van der Waals surface area contributed by atoms with Crippen LogP contribution >= 0.6 is 25.3 Å². The van der Waals surface area contributed by atoms with Crippen LogP contribution in [0.5, 0.6) is 0 Å². The van der Waals surface area contributed by atoms with Crippen LogP contribution in [0.15, 0.2) is 18.2 Å². The summed E-state index contributed by atoms with van der Waals surface area (Å²) in [7, 11) is 4.08. The quantitative estimate of drug-likeness (QED) is 0.730. The Morgan fingerprint density at radius 2 is 1.69 bits per heavy atom. The van der Waals surface area contributed by atoms with Crippen LogP contribution in [-0.2, 0) is 11.5 Å². The minimum Gasteiger partial charge on any atom is -0.378 e. The molecule has 0 aliphatic carbocycles. The first-order valence-electron chi connectivity index (χ1n) is 4.20. The second-order valence-corrected chi connectivity index (χ2v) is 3.80. The zero-order chi connectivity index (χ0) is 9.84. The molecule has 0 heterocycles. The molecule has 0 atom stereocenters. The fraction of sp³-hybridized carbons (Fsp3) is 0.400. The van der Waals surface area contributed by atoms with Gasteiger partial charge in [0.05, 0.1) is 0 Å². The van der Waals surface area contributed by atoms with Crippen molar-refractivity contribution in [3.05, 3.63) is 29.3 Å². The highest BCUT2D eigenvalue weighted by atomic mass is 32.1. The van der Waals surface area contributed by atoms with Crippen molar-refractivity contribution in [3.8, 4) is 0 Å². The normalized spacial score (nSPS) is 10.2. The Kier molecular flexibility index (Phi) is 4.00. The first-order valence-corrected chi connectivity index (χ1v) is 5.46. The van der Waals surface area contributed by atoms with E-state index in [0.29, 0.717) is 0 Å². The summed E-state index contributed by atoms with van der Waals surface area (Å²) in [6.07, 6.45) is 0. The van der Waals surface area contributed by atoms with Gasteiger partial charge >= 0.3 is 0 Å². The van der Waals surface area contributed by atoms with E-state index in [4.69, 9.17) is 0 Å². The Balaban J connectivity index is 3.05. The lowest BCUT2D eigenvalue weighted by Crippen LogP contribution is -2.09. The molecule has 0 aliphatic heterocycles. The maximum absolute atomic E-state index is 4.30. The van der Waals surface area contributed by atoms with Crippen LogP contribution in [0.2, 0.25) is 0 Å². The van der Waals surface area contributed by atoms with Crippen LogP contribution in [-0.4, -0.2) is 14.1 Å². The number of rotatable bonds is 3. The van der Waals surface area contributed by atoms with Crippen LogP contribution in [0.4, 0.5) is 5.69 Å². The topological polar surface area (TPSA) is 3.24 Å². The summed E-state index contributed by atoms with van der Waals surface area (Å²) < 4.78 is 0. The van der Waals surface area contributed by atoms with E-state index in [1.54, 1.807) is 0 Å². The van der Waals surface area contributed by atoms with Crippen molar-refractivity contribution in [2.24, 2.45) is 0 Å². The molecule has 13 heavy (non-hydrogen) atoms. The summed E-state index contributed by atoms with van der Waals surface area (Å²) in [6.45, 7) is 0. The van der Waals surface area contributed by atoms with Crippen molar-refractivity contribution in [1.29, 1.82) is 0 Å². The van der Waals surface area contributed by atoms with E-state index in [9.17, 15) is 0 Å². The number of anilines is 1. The highest BCUT2D eigenvalue weighted by Gasteiger charge is 2.02. The van der Waals surface area contributed by atoms with Crippen LogP contribution in [0, 0.1) is 0 Å². The minimum atomic E-state index is 0.775. The third-order valence-electron chi connectivity index (χ3n) is 2.05. The van der Waals surface area contributed by atoms with Gasteiger partial charge in [0.1, 0.15) is 0 Å². The van der Waals surface area contributed by atoms with Gasteiger partial charge in [0.25, 0.3) is 0 Å². The predicted octanol–water partition coefficient (Wildman–Crippen LogP) is 2.61. The average molecular weight is 213 g/mol. The van der Waals surface area contributed by atoms with Crippen molar-refractivity contribution in [3.63, 3.8) is 0 Å². The molecule has 0 bridgehead atoms. The summed E-state index contributed by atoms with van der Waals surface area (Å²) in [4.78, 5) is 2.09. The third kappa shape index (κ3) is 2.58. The van der Waals surface area contributed by atoms with Gasteiger partial charge in [-0.2, -0.15) is 25.3 Å². The average Bonchev–Trinajstić information content (AvgIpc) is 2.16. The molecule has 0 fully saturated rings. The number of hydrogen-bond acceptors (Lipinski definition) is 3. The monoisotopic (exact) mass is 213 g/mol. The van der Waals surface area contributed by atoms with Gasteiger partial charge in [-0.25, -0.2) is 0 Å². The zero-order valence-electron chi connectivity index (χ0n) is 7.99. The zero-order valence-corrected chi connectivity index (χ0v) is 9.78. The van der Waals surface area contributed by atoms with Crippen molar-refractivity contribution in [2.45, 2.75) is 11.5 Å². The Morgan fingerprint density at radius 1 is 1.08 bits per heavy atom. The Bertz CT molecular complexity index is 284. The molecule has 72 valence electrons. The largest absolute Gasteiger partial charge is 0.378 e. The van der Waals surface area contributed by atoms with E-state index in [-0.39, 0.29) is 0 Å². The first kappa shape index (κ1) is 10.8. The molecule has 1 nitrogen and oxygen atoms in total. The van der Waals surface area contributed by atoms with Gasteiger partial charge in [0.2, 0.25) is 0 Å². The summed E-state index contributed by atoms with van der Waals surface area (Å²) in [5.41, 5.74) is 3.75. The molecule has 0 amide bonds. The second kappa shape index (κ2) is 4.82. The molecule has 0 saturated carbocycles. The fourth-order valence-electron chi connectivity index (χ4n) is 1.19. The highest BCUT2D eigenvalue weighted by Crippen LogP contribution is 2.20. The molecule has 0 spiro atoms. The molecule has 0 N–H and O–H groups in total. The molecular formula is C10H15NS2. The Labute approximate surface area is 91.0 Å². The molecule has 1 aromatic carbocycles. The number of benzene rings is 1. The maximum Gasteiger partial charge on any atom is 0.0364 e. The van der Waals surface area contributed by atoms with Crippen LogP contribution in [0.3, 0.4) is 0 Å². The molecule has 0 aromatic heterocycles. The summed E-state index contributed by atoms with van der Waals surface area (Å²) in [5.74, 6) is 1.56. The van der Waals surface area contributed by atoms with Gasteiger partial charge in [-0.3, -0.25) is 0 Å². The summed E-state index contributed by atoms with van der Waals surface area (Å²) in [6, 6.07) is 6.39. The molecule has 3 heteroatoms. The second-order valence-electron chi connectivity index (χ2n) is 3.16. The van der Waals surface area contributed by atoms with Gasteiger partial charge in [0.15, 0.2) is 0 Å². The SMILES string of the molecule is CN(C)c1ccc(CS)c(CS)c1. The Hall–Kier alpha value is -0.280. The third-order valence-corrected chi connectivity index (χ3v) is 2.73. The van der Waals surface area contributed by atoms with Crippen LogP contribution in [0.1, 0.15) is 11.1 Å². The Morgan fingerprint density at radius 3 is 2.15 bits per heavy atom. The van der Waals surface area contributed by atoms with Crippen molar-refractivity contribution in [1.82, 2.24) is 0 Å². The summed E-state index contributed by atoms with van der Waals surface area (Å²) in [5, 5.41) is 0. The number of nitrogens with zero attached hydrogens (tertiary/aromatic N) is 1. The smallest absolute Gasteiger partial charge is 0.0364 e. The van der Waals surface area contributed by atoms with Crippen molar-refractivity contribution in [2.75, 3.05) is 19.0 Å². The van der Waals surface area contributed by atoms with E-state index >= 15 is 0 Å². The van der Waals surface area contributed by atoms with E-state index in [2.05, 4.69) is 48.4 Å². The van der Waals surface area contributed by atoms with E-state index in [1.807, 2.05) is 14.1 Å². The standard InChI is InChI=1S/C10H15NS2/c1-11(2)10-4-3-8(6-12)9(5-10)7-13/h3-5,12-13H,6-7H2,1-2H3. The van der Waals surface area contributed by atoms with Crippen molar-refractivity contribution >= 4 is 30.9 Å². The van der Waals surface area contributed by atoms with Gasteiger partial charge in [-0.1, -0.05) is 6.07 Å². The highest BCUT2D eigenvalue weighted by molar-refractivity contribution is 7.79. The van der Waals surface area contributed by atoms with Crippen molar-refractivity contribution < 1.29 is 0 Å². The number of thiol groups is 2. The van der Waals surface area contributed by atoms with Gasteiger partial charge in [0, 0.05) is 31.3 Å². The van der Waals surface area contributed by atoms with E-state index in [1.165, 1.54) is 16.8 Å². The van der Waals surface area contributed by atoms with E-state index in [0.717, 1.165) is 11.5 Å². The molecule has 0 saturated heterocycles. The van der Waals surface area contributed by atoms with Gasteiger partial charge < -0.3 is 4.90 Å². The molecule has 0 aliphatic rings. The fourth-order valence-corrected chi connectivity index (χ4v) is 1.79. The van der Waals surface area contributed by atoms with Gasteiger partial charge in [-0.15, -0.1) is 0 Å². The predicted molar refractivity (Wildman–Crippen MR) is 66.1 cm³/mol. The lowest BCUT2D eigenvalue weighted by Gasteiger charge is -2.15. The molecular weight excluding hydrogens is 198 g/mol. The molecule has 1 aromatic rings. The minimum absolute atomic E-state index is 0.775. The molecule has 1 rings (SSSR count). The van der Waals surface area contributed by atoms with Crippen LogP contribution < -0.4 is 4.90 Å². The van der Waals surface area contributed by atoms with Gasteiger partial charge in [-0.05, 0) is 23.3 Å². The lowest BCUT2D eigenvalue weighted by molar-refractivity contribution is 1.12. The van der Waals surface area contributed by atoms with E-state index < -0.39 is 0 Å². The maximum atomic E-state index is 4.30. The molecule has 0 unspecified atom stereocenters. The van der Waals surface area contributed by atoms with Crippen LogP contribution in [0.25, 0.3) is 0 Å². The lowest BCUT2D eigenvalue weighted by atomic mass is 10.1. The first-order chi connectivity index (χ1) is 6.19. The summed E-state index contributed by atoms with van der Waals surface area (Å²) >= 11 is 8.57.